The van der Waals surface area contributed by atoms with E-state index < -0.39 is 0 Å². The Bertz CT molecular complexity index is 6200. The molecule has 0 fully saturated rings. The second-order valence-corrected chi connectivity index (χ2v) is 31.9. The molecule has 0 bridgehead atoms. The number of nitrogens with zero attached hydrogens (tertiary/aromatic N) is 2. The van der Waals surface area contributed by atoms with Crippen LogP contribution in [-0.4, -0.2) is 0 Å². The highest BCUT2D eigenvalue weighted by Crippen LogP contribution is 2.61. The zero-order valence-corrected chi connectivity index (χ0v) is 59.9. The Morgan fingerprint density at radius 1 is 0.163 bits per heavy atom. The minimum absolute atomic E-state index is 0.106. The van der Waals surface area contributed by atoms with Gasteiger partial charge in [0.1, 0.15) is 0 Å². The van der Waals surface area contributed by atoms with Crippen molar-refractivity contribution in [2.24, 2.45) is 0 Å². The molecule has 0 radical (unpaired) electrons. The van der Waals surface area contributed by atoms with E-state index in [0.29, 0.717) is 0 Å². The van der Waals surface area contributed by atoms with E-state index in [1.165, 1.54) is 176 Å². The molecule has 0 saturated carbocycles. The van der Waals surface area contributed by atoms with Crippen molar-refractivity contribution in [1.82, 2.24) is 0 Å². The van der Waals surface area contributed by atoms with Gasteiger partial charge in [-0.15, -0.1) is 0 Å². The Morgan fingerprint density at radius 3 is 0.846 bits per heavy atom. The quantitative estimate of drug-likeness (QED) is 0.111. The minimum Gasteiger partial charge on any atom is -0.310 e. The fourth-order valence-corrected chi connectivity index (χ4v) is 19.7. The molecule has 0 amide bonds. The lowest BCUT2D eigenvalue weighted by Gasteiger charge is -2.30. The van der Waals surface area contributed by atoms with E-state index >= 15 is 0 Å². The van der Waals surface area contributed by atoms with Crippen LogP contribution in [0, 0.1) is 0 Å². The Kier molecular flexibility index (Phi) is 12.7. The standard InChI is InChI=1S/C102H76N2/c1-99(2)89-41-25-23-39-75(89)81-57-95-83(59-93(81)99)77-47-43-67(55-91(77)101(95,5)6)103(63-29-11-9-12-30-63)65-45-49-79-87(53-65)97(85-51-61-27-15-17-33-69(61)71-35-19-21-37-73(71)85)80-50-46-66(54-88(80)98(79)86-52-62-28-16-18-34-70(62)72-36-20-22-38-74(72)86)104(64-31-13-10-14-32-64)68-44-48-78-84-60-94-82(58-96(84)102(7,8)92(78)56-68)76-40-24-26-42-90(76)100(94,3)4/h9-60H,1-8H3. The summed E-state index contributed by atoms with van der Waals surface area (Å²) in [5.74, 6) is 0. The third-order valence-corrected chi connectivity index (χ3v) is 24.9. The van der Waals surface area contributed by atoms with Gasteiger partial charge in [-0.05, 0) is 285 Å². The summed E-state index contributed by atoms with van der Waals surface area (Å²) in [6.45, 7) is 19.3. The van der Waals surface area contributed by atoms with Crippen LogP contribution in [0.15, 0.2) is 315 Å². The first kappa shape index (κ1) is 60.6. The summed E-state index contributed by atoms with van der Waals surface area (Å²) in [6.07, 6.45) is 0. The lowest BCUT2D eigenvalue weighted by atomic mass is 9.79. The molecule has 0 spiro atoms. The molecule has 4 aliphatic rings. The van der Waals surface area contributed by atoms with Gasteiger partial charge in [0.2, 0.25) is 0 Å². The number of fused-ring (bicyclic) bond motifs is 20. The summed E-state index contributed by atoms with van der Waals surface area (Å²) in [7, 11) is 0. The van der Waals surface area contributed by atoms with Crippen LogP contribution in [0.5, 0.6) is 0 Å². The van der Waals surface area contributed by atoms with E-state index in [1.54, 1.807) is 0 Å². The van der Waals surface area contributed by atoms with Gasteiger partial charge in [0.15, 0.2) is 0 Å². The fraction of sp³-hybridized carbons (Fsp3) is 0.118. The summed E-state index contributed by atoms with van der Waals surface area (Å²) in [6, 6.07) is 121. The van der Waals surface area contributed by atoms with Gasteiger partial charge >= 0.3 is 0 Å². The third-order valence-electron chi connectivity index (χ3n) is 24.9. The monoisotopic (exact) mass is 1330 g/mol. The largest absolute Gasteiger partial charge is 0.310 e. The van der Waals surface area contributed by atoms with E-state index in [1.807, 2.05) is 0 Å². The van der Waals surface area contributed by atoms with E-state index in [0.717, 1.165) is 34.1 Å². The maximum atomic E-state index is 2.54. The highest BCUT2D eigenvalue weighted by Gasteiger charge is 2.44. The zero-order valence-electron chi connectivity index (χ0n) is 59.9. The molecule has 4 aliphatic carbocycles. The third kappa shape index (κ3) is 8.45. The number of rotatable bonds is 8. The van der Waals surface area contributed by atoms with Crippen molar-refractivity contribution < 1.29 is 0 Å². The van der Waals surface area contributed by atoms with Crippen LogP contribution in [0.4, 0.5) is 34.1 Å². The molecule has 0 aliphatic heterocycles. The van der Waals surface area contributed by atoms with Crippen molar-refractivity contribution in [2.75, 3.05) is 9.80 Å². The fourth-order valence-electron chi connectivity index (χ4n) is 19.7. The maximum absolute atomic E-state index is 2.54. The van der Waals surface area contributed by atoms with Gasteiger partial charge in [-0.3, -0.25) is 0 Å². The first-order valence-electron chi connectivity index (χ1n) is 37.0. The van der Waals surface area contributed by atoms with Gasteiger partial charge in [-0.1, -0.05) is 262 Å². The molecule has 2 heteroatoms. The summed E-state index contributed by atoms with van der Waals surface area (Å²) in [5, 5.41) is 14.5. The molecule has 0 N–H and O–H groups in total. The lowest BCUT2D eigenvalue weighted by Crippen LogP contribution is -2.17. The molecule has 0 aromatic heterocycles. The molecule has 104 heavy (non-hydrogen) atoms. The molecule has 21 rings (SSSR count). The van der Waals surface area contributed by atoms with Crippen molar-refractivity contribution in [1.29, 1.82) is 0 Å². The van der Waals surface area contributed by atoms with Gasteiger partial charge in [0.25, 0.3) is 0 Å². The summed E-state index contributed by atoms with van der Waals surface area (Å²) < 4.78 is 0. The van der Waals surface area contributed by atoms with Gasteiger partial charge in [-0.25, -0.2) is 0 Å². The first-order valence-corrected chi connectivity index (χ1v) is 37.0. The molecule has 0 unspecified atom stereocenters. The highest BCUT2D eigenvalue weighted by molar-refractivity contribution is 6.29. The van der Waals surface area contributed by atoms with Gasteiger partial charge < -0.3 is 9.80 Å². The average Bonchev–Trinajstić information content (AvgIpc) is 1.33. The number of hydrogen-bond acceptors (Lipinski definition) is 2. The van der Waals surface area contributed by atoms with Crippen LogP contribution in [-0.2, 0) is 21.7 Å². The molecular weight excluding hydrogens is 1250 g/mol. The van der Waals surface area contributed by atoms with E-state index in [2.05, 4.69) is 381 Å². The lowest BCUT2D eigenvalue weighted by molar-refractivity contribution is 0.652. The molecule has 494 valence electrons. The van der Waals surface area contributed by atoms with E-state index in [9.17, 15) is 0 Å². The predicted molar refractivity (Wildman–Crippen MR) is 442 cm³/mol. The summed E-state index contributed by atoms with van der Waals surface area (Å²) in [4.78, 5) is 5.03. The first-order chi connectivity index (χ1) is 50.6. The number of hydrogen-bond donors (Lipinski definition) is 0. The molecule has 17 aromatic carbocycles. The van der Waals surface area contributed by atoms with Crippen LogP contribution in [0.1, 0.15) is 99.9 Å². The molecule has 2 nitrogen and oxygen atoms in total. The summed E-state index contributed by atoms with van der Waals surface area (Å²) in [5.41, 5.74) is 32.5. The smallest absolute Gasteiger partial charge is 0.0468 e. The maximum Gasteiger partial charge on any atom is 0.0468 e. The van der Waals surface area contributed by atoms with E-state index in [4.69, 9.17) is 0 Å². The van der Waals surface area contributed by atoms with E-state index in [-0.39, 0.29) is 21.7 Å². The van der Waals surface area contributed by atoms with Crippen molar-refractivity contribution in [2.45, 2.75) is 77.0 Å². The molecule has 0 saturated heterocycles. The second-order valence-electron chi connectivity index (χ2n) is 31.9. The van der Waals surface area contributed by atoms with Crippen LogP contribution < -0.4 is 9.80 Å². The Balaban J connectivity index is 0.824. The Labute approximate surface area is 608 Å². The van der Waals surface area contributed by atoms with Crippen molar-refractivity contribution in [3.63, 3.8) is 0 Å². The van der Waals surface area contributed by atoms with Gasteiger partial charge in [0, 0.05) is 55.8 Å². The average molecular weight is 1330 g/mol. The molecule has 17 aromatic rings. The zero-order chi connectivity index (χ0) is 69.9. The Morgan fingerprint density at radius 2 is 0.452 bits per heavy atom. The highest BCUT2D eigenvalue weighted by atomic mass is 15.1. The normalized spacial score (nSPS) is 14.8. The number of benzene rings is 17. The Hall–Kier alpha value is -12.1. The van der Waals surface area contributed by atoms with Crippen molar-refractivity contribution in [3.05, 3.63) is 360 Å². The van der Waals surface area contributed by atoms with Crippen molar-refractivity contribution >= 4 is 98.8 Å². The predicted octanol–water partition coefficient (Wildman–Crippen LogP) is 28.1. The molecule has 0 heterocycles. The number of anilines is 6. The second kappa shape index (κ2) is 21.7. The van der Waals surface area contributed by atoms with Crippen LogP contribution >= 0.6 is 0 Å². The van der Waals surface area contributed by atoms with Crippen LogP contribution in [0.3, 0.4) is 0 Å². The molecule has 0 atom stereocenters. The number of para-hydroxylation sites is 2. The topological polar surface area (TPSA) is 6.48 Å². The van der Waals surface area contributed by atoms with Gasteiger partial charge in [-0.2, -0.15) is 0 Å². The van der Waals surface area contributed by atoms with Gasteiger partial charge in [0.05, 0.1) is 0 Å². The van der Waals surface area contributed by atoms with Crippen LogP contribution in [0.2, 0.25) is 0 Å². The van der Waals surface area contributed by atoms with Crippen molar-refractivity contribution in [3.8, 4) is 66.8 Å². The van der Waals surface area contributed by atoms with Crippen LogP contribution in [0.25, 0.3) is 131 Å². The SMILES string of the molecule is CC1(C)c2ccccc2-c2cc3c(cc21)-c1ccc(N(c2ccccc2)c2ccc4c(-c5cc6ccccc6c6ccccc56)c5cc(N(c6ccccc6)c6ccc7c(c6)C(C)(C)c6cc8c(cc6-7)C(C)(C)c6ccccc6-8)ccc5c(-c5cc6ccccc6c6ccccc56)c4c2)cc1C3(C)C. The minimum atomic E-state index is -0.270. The molecular formula is C102H76N2. The summed E-state index contributed by atoms with van der Waals surface area (Å²) >= 11 is 0.